The van der Waals surface area contributed by atoms with Crippen LogP contribution in [0.15, 0.2) is 18.2 Å². The van der Waals surface area contributed by atoms with E-state index in [4.69, 9.17) is 9.84 Å². The second-order valence-corrected chi connectivity index (χ2v) is 5.62. The van der Waals surface area contributed by atoms with Crippen molar-refractivity contribution in [2.75, 3.05) is 21.2 Å². The van der Waals surface area contributed by atoms with Crippen molar-refractivity contribution in [3.05, 3.63) is 29.3 Å². The molecule has 1 saturated carbocycles. The lowest BCUT2D eigenvalue weighted by Gasteiger charge is -2.18. The Morgan fingerprint density at radius 3 is 2.58 bits per heavy atom. The fraction of sp³-hybridized carbons (Fsp3) is 0.533. The minimum atomic E-state index is -0.720. The molecular weight excluding hydrogens is 242 g/mol. The van der Waals surface area contributed by atoms with Gasteiger partial charge < -0.3 is 14.7 Å². The van der Waals surface area contributed by atoms with Crippen LogP contribution in [0.25, 0.3) is 0 Å². The Bertz CT molecular complexity index is 478. The lowest BCUT2D eigenvalue weighted by Crippen LogP contribution is -2.15. The molecule has 0 heterocycles. The molecule has 0 atom stereocenters. The molecule has 1 aromatic rings. The van der Waals surface area contributed by atoms with E-state index in [0.717, 1.165) is 36.3 Å². The van der Waals surface area contributed by atoms with Gasteiger partial charge in [0.25, 0.3) is 0 Å². The van der Waals surface area contributed by atoms with Crippen molar-refractivity contribution >= 4 is 5.97 Å². The molecule has 2 rings (SSSR count). The van der Waals surface area contributed by atoms with E-state index in [1.54, 1.807) is 7.11 Å². The van der Waals surface area contributed by atoms with Gasteiger partial charge >= 0.3 is 5.97 Å². The number of carboxylic acids is 1. The zero-order valence-corrected chi connectivity index (χ0v) is 11.8. The van der Waals surface area contributed by atoms with E-state index >= 15 is 0 Å². The molecule has 4 nitrogen and oxygen atoms in total. The number of nitrogens with zero attached hydrogens (tertiary/aromatic N) is 1. The summed E-state index contributed by atoms with van der Waals surface area (Å²) >= 11 is 0. The topological polar surface area (TPSA) is 49.8 Å². The van der Waals surface area contributed by atoms with E-state index in [1.807, 2.05) is 26.2 Å². The van der Waals surface area contributed by atoms with Crippen molar-refractivity contribution in [1.82, 2.24) is 4.90 Å². The van der Waals surface area contributed by atoms with Crippen LogP contribution in [0.1, 0.15) is 30.4 Å². The Labute approximate surface area is 114 Å². The Kier molecular flexibility index (Phi) is 3.80. The van der Waals surface area contributed by atoms with Gasteiger partial charge in [0.15, 0.2) is 0 Å². The molecule has 0 unspecified atom stereocenters. The van der Waals surface area contributed by atoms with Crippen LogP contribution in [0.4, 0.5) is 0 Å². The van der Waals surface area contributed by atoms with Crippen LogP contribution < -0.4 is 4.74 Å². The van der Waals surface area contributed by atoms with Crippen molar-refractivity contribution < 1.29 is 14.6 Å². The predicted molar refractivity (Wildman–Crippen MR) is 73.5 cm³/mol. The van der Waals surface area contributed by atoms with Gasteiger partial charge in [-0.3, -0.25) is 4.79 Å². The van der Waals surface area contributed by atoms with Gasteiger partial charge in [0, 0.05) is 17.5 Å². The van der Waals surface area contributed by atoms with Crippen LogP contribution in [-0.4, -0.2) is 37.2 Å². The van der Waals surface area contributed by atoms with Crippen molar-refractivity contribution in [3.8, 4) is 5.75 Å². The van der Waals surface area contributed by atoms with Crippen molar-refractivity contribution in [1.29, 1.82) is 0 Å². The first-order chi connectivity index (χ1) is 8.97. The molecule has 104 valence electrons. The first-order valence-electron chi connectivity index (χ1n) is 6.51. The molecule has 0 aromatic heterocycles. The summed E-state index contributed by atoms with van der Waals surface area (Å²) in [5.41, 5.74) is 2.10. The zero-order chi connectivity index (χ0) is 14.0. The number of benzene rings is 1. The monoisotopic (exact) mass is 263 g/mol. The molecule has 1 aliphatic carbocycles. The van der Waals surface area contributed by atoms with E-state index < -0.39 is 5.97 Å². The van der Waals surface area contributed by atoms with Gasteiger partial charge in [-0.25, -0.2) is 0 Å². The van der Waals surface area contributed by atoms with Gasteiger partial charge in [0.2, 0.25) is 0 Å². The third-order valence-electron chi connectivity index (χ3n) is 3.72. The average molecular weight is 263 g/mol. The van der Waals surface area contributed by atoms with Gasteiger partial charge in [-0.05, 0) is 38.6 Å². The lowest BCUT2D eigenvalue weighted by molar-refractivity contribution is -0.137. The summed E-state index contributed by atoms with van der Waals surface area (Å²) in [6.45, 7) is 0.792. The molecular formula is C15H21NO3. The van der Waals surface area contributed by atoms with E-state index in [0.29, 0.717) is 0 Å². The van der Waals surface area contributed by atoms with Gasteiger partial charge in [-0.15, -0.1) is 0 Å². The van der Waals surface area contributed by atoms with E-state index in [9.17, 15) is 4.79 Å². The summed E-state index contributed by atoms with van der Waals surface area (Å²) in [4.78, 5) is 13.1. The van der Waals surface area contributed by atoms with Crippen molar-refractivity contribution in [2.24, 2.45) is 0 Å². The van der Waals surface area contributed by atoms with E-state index in [2.05, 4.69) is 11.0 Å². The maximum Gasteiger partial charge on any atom is 0.304 e. The lowest BCUT2D eigenvalue weighted by atomic mass is 9.91. The summed E-state index contributed by atoms with van der Waals surface area (Å²) in [5.74, 6) is 0.144. The number of methoxy groups -OCH3 is 1. The molecule has 19 heavy (non-hydrogen) atoms. The number of aliphatic carboxylic acids is 1. The molecule has 1 aromatic carbocycles. The third kappa shape index (κ3) is 3.07. The van der Waals surface area contributed by atoms with Crippen LogP contribution in [0, 0.1) is 0 Å². The Morgan fingerprint density at radius 2 is 2.11 bits per heavy atom. The summed E-state index contributed by atoms with van der Waals surface area (Å²) in [5, 5.41) is 9.03. The standard InChI is InChI=1S/C15H21NO3/c1-16(2)10-11-8-12(4-5-13(11)19-3)15(6-7-15)9-14(17)18/h4-5,8H,6-7,9-10H2,1-3H3,(H,17,18). The average Bonchev–Trinajstić information content (AvgIpc) is 3.08. The first kappa shape index (κ1) is 13.9. The van der Waals surface area contributed by atoms with Gasteiger partial charge in [-0.2, -0.15) is 0 Å². The summed E-state index contributed by atoms with van der Waals surface area (Å²) in [7, 11) is 5.69. The minimum absolute atomic E-state index is 0.140. The van der Waals surface area contributed by atoms with Crippen LogP contribution in [-0.2, 0) is 16.8 Å². The van der Waals surface area contributed by atoms with Gasteiger partial charge in [0.05, 0.1) is 13.5 Å². The highest BCUT2D eigenvalue weighted by atomic mass is 16.5. The van der Waals surface area contributed by atoms with E-state index in [1.165, 1.54) is 0 Å². The highest BCUT2D eigenvalue weighted by Gasteiger charge is 2.46. The second kappa shape index (κ2) is 5.21. The number of hydrogen-bond donors (Lipinski definition) is 1. The number of ether oxygens (including phenoxy) is 1. The minimum Gasteiger partial charge on any atom is -0.496 e. The Morgan fingerprint density at radius 1 is 1.42 bits per heavy atom. The normalized spacial score (nSPS) is 16.4. The Balaban J connectivity index is 2.30. The molecule has 0 radical (unpaired) electrons. The quantitative estimate of drug-likeness (QED) is 0.855. The summed E-state index contributed by atoms with van der Waals surface area (Å²) < 4.78 is 5.37. The molecule has 1 fully saturated rings. The van der Waals surface area contributed by atoms with Crippen molar-refractivity contribution in [3.63, 3.8) is 0 Å². The third-order valence-corrected chi connectivity index (χ3v) is 3.72. The molecule has 1 N–H and O–H groups in total. The molecule has 4 heteroatoms. The highest BCUT2D eigenvalue weighted by molar-refractivity contribution is 5.70. The maximum absolute atomic E-state index is 11.0. The van der Waals surface area contributed by atoms with E-state index in [-0.39, 0.29) is 11.8 Å². The fourth-order valence-corrected chi connectivity index (χ4v) is 2.58. The molecule has 0 aliphatic heterocycles. The predicted octanol–water partition coefficient (Wildman–Crippen LogP) is 2.26. The van der Waals surface area contributed by atoms with Gasteiger partial charge in [-0.1, -0.05) is 12.1 Å². The first-order valence-corrected chi connectivity index (χ1v) is 6.51. The highest BCUT2D eigenvalue weighted by Crippen LogP contribution is 2.51. The van der Waals surface area contributed by atoms with Crippen LogP contribution in [0.3, 0.4) is 0 Å². The van der Waals surface area contributed by atoms with Crippen LogP contribution >= 0.6 is 0 Å². The fourth-order valence-electron chi connectivity index (χ4n) is 2.58. The van der Waals surface area contributed by atoms with Gasteiger partial charge in [0.1, 0.15) is 5.75 Å². The number of carbonyl (C=O) groups is 1. The molecule has 0 spiro atoms. The zero-order valence-electron chi connectivity index (χ0n) is 11.8. The molecule has 0 bridgehead atoms. The molecule has 1 aliphatic rings. The maximum atomic E-state index is 11.0. The number of hydrogen-bond acceptors (Lipinski definition) is 3. The number of carboxylic acid groups (broad SMARTS) is 1. The smallest absolute Gasteiger partial charge is 0.304 e. The number of rotatable bonds is 6. The molecule has 0 saturated heterocycles. The largest absolute Gasteiger partial charge is 0.496 e. The van der Waals surface area contributed by atoms with Crippen molar-refractivity contribution in [2.45, 2.75) is 31.2 Å². The Hall–Kier alpha value is -1.55. The SMILES string of the molecule is COc1ccc(C2(CC(=O)O)CC2)cc1CN(C)C. The summed E-state index contributed by atoms with van der Waals surface area (Å²) in [6.07, 6.45) is 2.15. The molecule has 0 amide bonds. The van der Waals surface area contributed by atoms with Crippen LogP contribution in [0.5, 0.6) is 5.75 Å². The summed E-state index contributed by atoms with van der Waals surface area (Å²) in [6, 6.07) is 6.07. The second-order valence-electron chi connectivity index (χ2n) is 5.62. The van der Waals surface area contributed by atoms with Crippen LogP contribution in [0.2, 0.25) is 0 Å².